The van der Waals surface area contributed by atoms with Crippen molar-refractivity contribution in [3.63, 3.8) is 0 Å². The topological polar surface area (TPSA) is 66.5 Å². The summed E-state index contributed by atoms with van der Waals surface area (Å²) in [7, 11) is 0. The molecule has 2 unspecified atom stereocenters. The van der Waals surface area contributed by atoms with Gasteiger partial charge in [-0.1, -0.05) is 49.4 Å². The van der Waals surface area contributed by atoms with E-state index in [-0.39, 0.29) is 18.4 Å². The molecule has 2 atom stereocenters. The van der Waals surface area contributed by atoms with Crippen LogP contribution >= 0.6 is 0 Å². The van der Waals surface area contributed by atoms with E-state index in [2.05, 4.69) is 5.32 Å². The number of hydrogen-bond donors (Lipinski definition) is 1. The van der Waals surface area contributed by atoms with E-state index < -0.39 is 17.9 Å². The van der Waals surface area contributed by atoms with E-state index in [9.17, 15) is 14.4 Å². The number of nitrogens with one attached hydrogen (secondary N) is 1. The molecule has 0 saturated heterocycles. The van der Waals surface area contributed by atoms with Gasteiger partial charge in [-0.25, -0.2) is 0 Å². The number of benzene rings is 2. The van der Waals surface area contributed by atoms with Gasteiger partial charge in [-0.15, -0.1) is 0 Å². The van der Waals surface area contributed by atoms with Crippen LogP contribution in [0.1, 0.15) is 46.5 Å². The first-order valence-electron chi connectivity index (χ1n) is 8.84. The van der Waals surface area contributed by atoms with Gasteiger partial charge in [0, 0.05) is 12.5 Å². The molecule has 5 nitrogen and oxygen atoms in total. The number of carbonyl (C=O) groups excluding carboxylic acids is 3. The fraction of sp³-hybridized carbons (Fsp3) is 0.286. The summed E-state index contributed by atoms with van der Waals surface area (Å²) in [4.78, 5) is 39.6. The zero-order valence-electron chi connectivity index (χ0n) is 14.9. The van der Waals surface area contributed by atoms with Gasteiger partial charge in [-0.3, -0.25) is 19.3 Å². The Hall–Kier alpha value is -2.95. The Morgan fingerprint density at radius 2 is 1.50 bits per heavy atom. The second-order valence-electron chi connectivity index (χ2n) is 6.55. The average molecular weight is 350 g/mol. The third-order valence-corrected chi connectivity index (χ3v) is 4.71. The minimum atomic E-state index is -0.876. The maximum absolute atomic E-state index is 12.9. The molecular weight excluding hydrogens is 328 g/mol. The molecule has 1 aliphatic heterocycles. The number of rotatable bonds is 6. The average Bonchev–Trinajstić information content (AvgIpc) is 2.91. The van der Waals surface area contributed by atoms with E-state index >= 15 is 0 Å². The lowest BCUT2D eigenvalue weighted by molar-refractivity contribution is -0.125. The summed E-state index contributed by atoms with van der Waals surface area (Å²) >= 11 is 0. The molecule has 2 aromatic rings. The normalized spacial score (nSPS) is 15.5. The number of fused-ring (bicyclic) bond motifs is 1. The van der Waals surface area contributed by atoms with Gasteiger partial charge in [0.2, 0.25) is 5.91 Å². The van der Waals surface area contributed by atoms with Crippen molar-refractivity contribution in [2.45, 2.75) is 38.8 Å². The molecule has 5 heteroatoms. The van der Waals surface area contributed by atoms with E-state index in [1.807, 2.05) is 44.2 Å². The van der Waals surface area contributed by atoms with Gasteiger partial charge in [0.25, 0.3) is 11.8 Å². The largest absolute Gasteiger partial charge is 0.352 e. The van der Waals surface area contributed by atoms with Crippen molar-refractivity contribution in [2.75, 3.05) is 0 Å². The van der Waals surface area contributed by atoms with Crippen LogP contribution in [0.4, 0.5) is 0 Å². The zero-order chi connectivity index (χ0) is 18.7. The molecule has 0 radical (unpaired) electrons. The summed E-state index contributed by atoms with van der Waals surface area (Å²) < 4.78 is 0. The van der Waals surface area contributed by atoms with Gasteiger partial charge in [0.1, 0.15) is 6.04 Å². The fourth-order valence-electron chi connectivity index (χ4n) is 3.07. The smallest absolute Gasteiger partial charge is 0.262 e. The van der Waals surface area contributed by atoms with Gasteiger partial charge in [0.05, 0.1) is 11.1 Å². The Kier molecular flexibility index (Phi) is 5.16. The highest BCUT2D eigenvalue weighted by Crippen LogP contribution is 2.26. The van der Waals surface area contributed by atoms with E-state index in [1.54, 1.807) is 24.3 Å². The van der Waals surface area contributed by atoms with Gasteiger partial charge < -0.3 is 5.32 Å². The summed E-state index contributed by atoms with van der Waals surface area (Å²) in [5.41, 5.74) is 1.60. The first-order chi connectivity index (χ1) is 12.5. The summed E-state index contributed by atoms with van der Waals surface area (Å²) in [6.07, 6.45) is 1.06. The van der Waals surface area contributed by atoms with Crippen molar-refractivity contribution in [2.24, 2.45) is 0 Å². The highest BCUT2D eigenvalue weighted by atomic mass is 16.2. The minimum absolute atomic E-state index is 0.0315. The molecule has 0 spiro atoms. The number of nitrogens with zero attached hydrogens (tertiary/aromatic N) is 1. The van der Waals surface area contributed by atoms with E-state index in [1.165, 1.54) is 0 Å². The Morgan fingerprint density at radius 1 is 0.962 bits per heavy atom. The number of carbonyl (C=O) groups is 3. The van der Waals surface area contributed by atoms with Crippen LogP contribution in [0.3, 0.4) is 0 Å². The molecule has 134 valence electrons. The van der Waals surface area contributed by atoms with Gasteiger partial charge in [-0.2, -0.15) is 0 Å². The summed E-state index contributed by atoms with van der Waals surface area (Å²) in [5, 5.41) is 2.91. The Balaban J connectivity index is 1.94. The predicted molar refractivity (Wildman–Crippen MR) is 98.8 cm³/mol. The second kappa shape index (κ2) is 7.52. The SMILES string of the molecule is CCC(C)NC(=O)C(Cc1ccccc1)N1C(=O)c2ccccc2C1=O. The lowest BCUT2D eigenvalue weighted by Gasteiger charge is -2.27. The van der Waals surface area contributed by atoms with Crippen LogP contribution in [0.15, 0.2) is 54.6 Å². The fourth-order valence-corrected chi connectivity index (χ4v) is 3.07. The molecule has 0 aliphatic carbocycles. The van der Waals surface area contributed by atoms with Crippen LogP contribution in [0, 0.1) is 0 Å². The Morgan fingerprint density at radius 3 is 2.04 bits per heavy atom. The lowest BCUT2D eigenvalue weighted by Crippen LogP contribution is -2.52. The predicted octanol–water partition coefficient (Wildman–Crippen LogP) is 2.81. The molecule has 1 aliphatic rings. The monoisotopic (exact) mass is 350 g/mol. The Bertz CT molecular complexity index is 797. The number of hydrogen-bond acceptors (Lipinski definition) is 3. The molecule has 0 fully saturated rings. The zero-order valence-corrected chi connectivity index (χ0v) is 14.9. The van der Waals surface area contributed by atoms with Crippen molar-refractivity contribution >= 4 is 17.7 Å². The quantitative estimate of drug-likeness (QED) is 0.815. The summed E-state index contributed by atoms with van der Waals surface area (Å²) in [5.74, 6) is -1.13. The highest BCUT2D eigenvalue weighted by Gasteiger charge is 2.42. The van der Waals surface area contributed by atoms with Crippen molar-refractivity contribution < 1.29 is 14.4 Å². The van der Waals surface area contributed by atoms with Crippen molar-refractivity contribution in [1.29, 1.82) is 0 Å². The molecule has 0 aromatic heterocycles. The van der Waals surface area contributed by atoms with E-state index in [0.717, 1.165) is 16.9 Å². The molecule has 26 heavy (non-hydrogen) atoms. The van der Waals surface area contributed by atoms with Gasteiger partial charge in [0.15, 0.2) is 0 Å². The van der Waals surface area contributed by atoms with E-state index in [0.29, 0.717) is 11.1 Å². The Labute approximate surface area is 153 Å². The van der Waals surface area contributed by atoms with Crippen molar-refractivity contribution in [3.8, 4) is 0 Å². The maximum atomic E-state index is 12.9. The lowest BCUT2D eigenvalue weighted by atomic mass is 10.0. The minimum Gasteiger partial charge on any atom is -0.352 e. The molecule has 3 rings (SSSR count). The van der Waals surface area contributed by atoms with Gasteiger partial charge >= 0.3 is 0 Å². The second-order valence-corrected chi connectivity index (χ2v) is 6.55. The third-order valence-electron chi connectivity index (χ3n) is 4.71. The standard InChI is InChI=1S/C21H22N2O3/c1-3-14(2)22-19(24)18(13-15-9-5-4-6-10-15)23-20(25)16-11-7-8-12-17(16)21(23)26/h4-12,14,18H,3,13H2,1-2H3,(H,22,24). The van der Waals surface area contributed by atoms with Crippen LogP contribution in [-0.2, 0) is 11.2 Å². The van der Waals surface area contributed by atoms with Crippen LogP contribution in [0.25, 0.3) is 0 Å². The number of amides is 3. The van der Waals surface area contributed by atoms with Crippen LogP contribution in [-0.4, -0.2) is 34.7 Å². The first-order valence-corrected chi connectivity index (χ1v) is 8.84. The summed E-state index contributed by atoms with van der Waals surface area (Å²) in [6, 6.07) is 15.2. The molecule has 1 heterocycles. The third kappa shape index (κ3) is 3.38. The van der Waals surface area contributed by atoms with Crippen molar-refractivity contribution in [1.82, 2.24) is 10.2 Å². The first kappa shape index (κ1) is 17.9. The van der Waals surface area contributed by atoms with E-state index in [4.69, 9.17) is 0 Å². The molecule has 0 saturated carbocycles. The molecule has 2 aromatic carbocycles. The van der Waals surface area contributed by atoms with Crippen LogP contribution in [0.2, 0.25) is 0 Å². The highest BCUT2D eigenvalue weighted by molar-refractivity contribution is 6.22. The molecule has 3 amide bonds. The molecule has 0 bridgehead atoms. The molecule has 1 N–H and O–H groups in total. The summed E-state index contributed by atoms with van der Waals surface area (Å²) in [6.45, 7) is 3.87. The van der Waals surface area contributed by atoms with Gasteiger partial charge in [-0.05, 0) is 31.0 Å². The van der Waals surface area contributed by atoms with Crippen LogP contribution in [0.5, 0.6) is 0 Å². The van der Waals surface area contributed by atoms with Crippen LogP contribution < -0.4 is 5.32 Å². The maximum Gasteiger partial charge on any atom is 0.262 e. The number of imide groups is 1. The van der Waals surface area contributed by atoms with Crippen molar-refractivity contribution in [3.05, 3.63) is 71.3 Å². The molecular formula is C21H22N2O3.